The summed E-state index contributed by atoms with van der Waals surface area (Å²) in [7, 11) is 1.62. The molecule has 31 heavy (non-hydrogen) atoms. The molecule has 0 saturated carbocycles. The molecule has 2 heterocycles. The highest BCUT2D eigenvalue weighted by Crippen LogP contribution is 2.32. The van der Waals surface area contributed by atoms with Crippen molar-refractivity contribution in [3.8, 4) is 11.5 Å². The third-order valence-electron chi connectivity index (χ3n) is 5.04. The maximum Gasteiger partial charge on any atom is 0.314 e. The number of halogens is 2. The van der Waals surface area contributed by atoms with Gasteiger partial charge in [-0.05, 0) is 23.3 Å². The van der Waals surface area contributed by atoms with Crippen LogP contribution in [0.15, 0.2) is 64.1 Å². The second kappa shape index (κ2) is 9.13. The Hall–Kier alpha value is -3.46. The molecule has 1 saturated heterocycles. The van der Waals surface area contributed by atoms with Gasteiger partial charge in [0, 0.05) is 18.5 Å². The van der Waals surface area contributed by atoms with Gasteiger partial charge in [-0.15, -0.1) is 10.2 Å². The molecular formula is C22H20F2N4O3. The molecule has 4 rings (SSSR count). The second-order valence-electron chi connectivity index (χ2n) is 7.16. The number of rotatable bonds is 7. The first-order valence-electron chi connectivity index (χ1n) is 9.69. The molecule has 0 N–H and O–H groups in total. The lowest BCUT2D eigenvalue weighted by atomic mass is 9.84. The number of likely N-dealkylation sites (N-methyl/N-ethyl adjacent to an activating group) is 1. The number of hydrazone groups is 1. The van der Waals surface area contributed by atoms with Crippen LogP contribution in [0.1, 0.15) is 29.4 Å². The van der Waals surface area contributed by atoms with Gasteiger partial charge in [0.05, 0.1) is 25.3 Å². The van der Waals surface area contributed by atoms with Gasteiger partial charge < -0.3 is 9.15 Å². The van der Waals surface area contributed by atoms with E-state index in [1.807, 2.05) is 30.3 Å². The number of hydrogen-bond acceptors (Lipinski definition) is 6. The van der Waals surface area contributed by atoms with Crippen molar-refractivity contribution in [1.82, 2.24) is 15.2 Å². The highest BCUT2D eigenvalue weighted by atomic mass is 19.3. The fourth-order valence-corrected chi connectivity index (χ4v) is 3.29. The number of aromatic nitrogens is 2. The van der Waals surface area contributed by atoms with E-state index in [2.05, 4.69) is 15.3 Å². The van der Waals surface area contributed by atoms with Crippen LogP contribution >= 0.6 is 0 Å². The summed E-state index contributed by atoms with van der Waals surface area (Å²) in [6.07, 6.45) is -1.26. The quantitative estimate of drug-likeness (QED) is 0.423. The van der Waals surface area contributed by atoms with E-state index in [1.165, 1.54) is 5.01 Å². The van der Waals surface area contributed by atoms with Crippen molar-refractivity contribution in [1.29, 1.82) is 0 Å². The predicted molar refractivity (Wildman–Crippen MR) is 109 cm³/mol. The molecule has 2 aromatic carbocycles. The van der Waals surface area contributed by atoms with E-state index in [0.29, 0.717) is 18.8 Å². The summed E-state index contributed by atoms with van der Waals surface area (Å²) in [5.41, 5.74) is 2.17. The fraction of sp³-hybridized carbons (Fsp3) is 0.273. The highest BCUT2D eigenvalue weighted by molar-refractivity contribution is 5.86. The van der Waals surface area contributed by atoms with Gasteiger partial charge in [0.2, 0.25) is 11.8 Å². The Labute approximate surface area is 177 Å². The van der Waals surface area contributed by atoms with Crippen LogP contribution in [0.3, 0.4) is 0 Å². The van der Waals surface area contributed by atoms with Gasteiger partial charge in [-0.3, -0.25) is 4.79 Å². The van der Waals surface area contributed by atoms with E-state index >= 15 is 0 Å². The summed E-state index contributed by atoms with van der Waals surface area (Å²) in [6.45, 7) is 1.10. The van der Waals surface area contributed by atoms with Crippen LogP contribution in [0.2, 0.25) is 0 Å². The van der Waals surface area contributed by atoms with Crippen molar-refractivity contribution < 1.29 is 22.7 Å². The molecule has 9 heteroatoms. The van der Waals surface area contributed by atoms with E-state index in [0.717, 1.165) is 11.1 Å². The van der Waals surface area contributed by atoms with E-state index in [9.17, 15) is 13.6 Å². The topological polar surface area (TPSA) is 80.8 Å². The van der Waals surface area contributed by atoms with Crippen molar-refractivity contribution in [2.24, 2.45) is 11.0 Å². The molecule has 1 aromatic heterocycles. The maximum atomic E-state index is 13.1. The zero-order valence-corrected chi connectivity index (χ0v) is 16.7. The van der Waals surface area contributed by atoms with Crippen molar-refractivity contribution in [2.45, 2.75) is 12.3 Å². The first-order chi connectivity index (χ1) is 15.0. The predicted octanol–water partition coefficient (Wildman–Crippen LogP) is 3.90. The van der Waals surface area contributed by atoms with Crippen LogP contribution in [-0.2, 0) is 9.53 Å². The summed E-state index contributed by atoms with van der Waals surface area (Å²) in [5.74, 6) is -1.01. The van der Waals surface area contributed by atoms with Crippen molar-refractivity contribution in [3.05, 3.63) is 71.6 Å². The zero-order valence-electron chi connectivity index (χ0n) is 16.7. The Balaban J connectivity index is 1.45. The Morgan fingerprint density at radius 3 is 2.42 bits per heavy atom. The molecule has 1 amide bonds. The Bertz CT molecular complexity index is 1050. The van der Waals surface area contributed by atoms with Crippen molar-refractivity contribution >= 4 is 12.1 Å². The van der Waals surface area contributed by atoms with Crippen LogP contribution in [0.5, 0.6) is 0 Å². The largest absolute Gasteiger partial charge is 0.415 e. The van der Waals surface area contributed by atoms with Gasteiger partial charge in [0.25, 0.3) is 5.89 Å². The second-order valence-corrected chi connectivity index (χ2v) is 7.16. The average Bonchev–Trinajstić information content (AvgIpc) is 3.25. The highest BCUT2D eigenvalue weighted by Gasteiger charge is 2.36. The van der Waals surface area contributed by atoms with E-state index in [1.54, 1.807) is 37.5 Å². The third-order valence-corrected chi connectivity index (χ3v) is 5.04. The van der Waals surface area contributed by atoms with Gasteiger partial charge >= 0.3 is 6.43 Å². The summed E-state index contributed by atoms with van der Waals surface area (Å²) >= 11 is 0. The molecule has 0 radical (unpaired) electrons. The Morgan fingerprint density at radius 1 is 1.13 bits per heavy atom. The number of benzene rings is 2. The van der Waals surface area contributed by atoms with Crippen LogP contribution < -0.4 is 0 Å². The lowest BCUT2D eigenvalue weighted by Crippen LogP contribution is -2.41. The smallest absolute Gasteiger partial charge is 0.314 e. The first-order valence-corrected chi connectivity index (χ1v) is 9.69. The van der Waals surface area contributed by atoms with Crippen molar-refractivity contribution in [2.75, 3.05) is 20.3 Å². The number of alkyl halides is 2. The molecule has 1 aliphatic rings. The van der Waals surface area contributed by atoms with Crippen molar-refractivity contribution in [3.63, 3.8) is 0 Å². The van der Waals surface area contributed by atoms with Gasteiger partial charge in [-0.25, -0.2) is 5.01 Å². The minimum Gasteiger partial charge on any atom is -0.415 e. The molecule has 0 unspecified atom stereocenters. The molecular weight excluding hydrogens is 406 g/mol. The lowest BCUT2D eigenvalue weighted by molar-refractivity contribution is -0.138. The molecule has 0 aliphatic carbocycles. The van der Waals surface area contributed by atoms with Gasteiger partial charge in [0.15, 0.2) is 0 Å². The van der Waals surface area contributed by atoms with E-state index in [-0.39, 0.29) is 23.6 Å². The summed E-state index contributed by atoms with van der Waals surface area (Å²) < 4.78 is 35.4. The van der Waals surface area contributed by atoms with Crippen LogP contribution in [0, 0.1) is 5.92 Å². The maximum absolute atomic E-state index is 13.1. The van der Waals surface area contributed by atoms with Crippen LogP contribution in [-0.4, -0.2) is 47.6 Å². The SMILES string of the molecule is CN(/N=C/c1ccc(-c2nnc(C(F)F)o2)cc1)C(=O)[C@@H](c1ccccc1)C1COC1. The summed E-state index contributed by atoms with van der Waals surface area (Å²) in [6, 6.07) is 16.4. The minimum atomic E-state index is -2.81. The molecule has 1 fully saturated rings. The summed E-state index contributed by atoms with van der Waals surface area (Å²) in [5, 5.41) is 12.5. The van der Waals surface area contributed by atoms with E-state index in [4.69, 9.17) is 9.15 Å². The van der Waals surface area contributed by atoms with Crippen LogP contribution in [0.4, 0.5) is 8.78 Å². The van der Waals surface area contributed by atoms with Gasteiger partial charge in [-0.2, -0.15) is 13.9 Å². The molecule has 0 spiro atoms. The number of hydrogen-bond donors (Lipinski definition) is 0. The minimum absolute atomic E-state index is 0.0134. The lowest BCUT2D eigenvalue weighted by Gasteiger charge is -2.34. The van der Waals surface area contributed by atoms with E-state index < -0.39 is 12.3 Å². The van der Waals surface area contributed by atoms with Crippen LogP contribution in [0.25, 0.3) is 11.5 Å². The standard InChI is InChI=1S/C22H20F2N4O3/c1-28(22(29)18(17-12-30-13-17)15-5-3-2-4-6-15)25-11-14-7-9-16(10-8-14)20-26-27-21(31-20)19(23)24/h2-11,17-19H,12-13H2,1H3/b25-11+/t18-/m0/s1. The fourth-order valence-electron chi connectivity index (χ4n) is 3.29. The number of carbonyl (C=O) groups is 1. The number of amides is 1. The molecule has 160 valence electrons. The number of ether oxygens (including phenoxy) is 1. The summed E-state index contributed by atoms with van der Waals surface area (Å²) in [4.78, 5) is 13.1. The molecule has 7 nitrogen and oxygen atoms in total. The Kier molecular flexibility index (Phi) is 6.13. The molecule has 0 bridgehead atoms. The number of carbonyl (C=O) groups excluding carboxylic acids is 1. The average molecular weight is 426 g/mol. The normalized spacial score (nSPS) is 15.2. The molecule has 3 aromatic rings. The third kappa shape index (κ3) is 4.66. The first kappa shape index (κ1) is 20.8. The number of nitrogens with zero attached hydrogens (tertiary/aromatic N) is 4. The van der Waals surface area contributed by atoms with Gasteiger partial charge in [0.1, 0.15) is 0 Å². The molecule has 1 atom stereocenters. The monoisotopic (exact) mass is 426 g/mol. The molecule has 1 aliphatic heterocycles. The Morgan fingerprint density at radius 2 is 1.84 bits per heavy atom. The van der Waals surface area contributed by atoms with Gasteiger partial charge in [-0.1, -0.05) is 42.5 Å². The zero-order chi connectivity index (χ0) is 21.8.